The lowest BCUT2D eigenvalue weighted by atomic mass is 9.97. The van der Waals surface area contributed by atoms with Gasteiger partial charge in [0.05, 0.1) is 32.0 Å². The van der Waals surface area contributed by atoms with Crippen LogP contribution in [0.4, 0.5) is 0 Å². The van der Waals surface area contributed by atoms with E-state index in [0.29, 0.717) is 12.8 Å². The quantitative estimate of drug-likeness (QED) is 0.0214. The zero-order chi connectivity index (χ0) is 48.9. The van der Waals surface area contributed by atoms with Crippen molar-refractivity contribution in [1.82, 2.24) is 5.32 Å². The summed E-state index contributed by atoms with van der Waals surface area (Å²) in [4.78, 5) is 13.1. The zero-order valence-electron chi connectivity index (χ0n) is 41.6. The maximum atomic E-state index is 13.1. The molecule has 0 aromatic carbocycles. The lowest BCUT2D eigenvalue weighted by molar-refractivity contribution is -0.359. The molecule has 2 aliphatic heterocycles. The second kappa shape index (κ2) is 39.9. The van der Waals surface area contributed by atoms with E-state index in [1.807, 2.05) is 0 Å². The van der Waals surface area contributed by atoms with E-state index in [1.54, 1.807) is 0 Å². The van der Waals surface area contributed by atoms with Crippen LogP contribution in [0.15, 0.2) is 36.5 Å². The third kappa shape index (κ3) is 26.8. The second-order valence-electron chi connectivity index (χ2n) is 19.0. The fraction of sp³-hybridized carbons (Fsp3) is 0.868. The second-order valence-corrected chi connectivity index (χ2v) is 19.0. The predicted octanol–water partition coefficient (Wildman–Crippen LogP) is 7.49. The number of hydrogen-bond donors (Lipinski definition) is 9. The maximum absolute atomic E-state index is 13.1. The SMILES string of the molecule is CCCCCCC/C=C\C/C=C\C/C=C\CCCCCCCCCCCCCCCCC(=O)NC(COC1OC(CO)C(OC2OC(CO)C(O)C(O)C2O)C(O)C1O)C(O)CCCCCC. The molecule has 67 heavy (non-hydrogen) atoms. The van der Waals surface area contributed by atoms with Gasteiger partial charge in [-0.25, -0.2) is 0 Å². The van der Waals surface area contributed by atoms with Gasteiger partial charge in [0.1, 0.15) is 48.8 Å². The predicted molar refractivity (Wildman–Crippen MR) is 263 cm³/mol. The Morgan fingerprint density at radius 3 is 1.51 bits per heavy atom. The Bertz CT molecular complexity index is 1270. The molecule has 2 rings (SSSR count). The van der Waals surface area contributed by atoms with Gasteiger partial charge >= 0.3 is 0 Å². The van der Waals surface area contributed by atoms with Crippen LogP contribution in [0.2, 0.25) is 0 Å². The van der Waals surface area contributed by atoms with Crippen LogP contribution in [0.5, 0.6) is 0 Å². The summed E-state index contributed by atoms with van der Waals surface area (Å²) in [7, 11) is 0. The lowest BCUT2D eigenvalue weighted by Crippen LogP contribution is -2.65. The third-order valence-electron chi connectivity index (χ3n) is 13.1. The number of allylic oxidation sites excluding steroid dienone is 6. The van der Waals surface area contributed by atoms with Crippen molar-refractivity contribution in [1.29, 1.82) is 0 Å². The Hall–Kier alpha value is -1.79. The van der Waals surface area contributed by atoms with E-state index in [4.69, 9.17) is 18.9 Å². The van der Waals surface area contributed by atoms with Crippen LogP contribution in [-0.4, -0.2) is 140 Å². The highest BCUT2D eigenvalue weighted by molar-refractivity contribution is 5.76. The van der Waals surface area contributed by atoms with Gasteiger partial charge in [-0.3, -0.25) is 4.79 Å². The molecular formula is C53H97NO13. The first kappa shape index (κ1) is 61.3. The summed E-state index contributed by atoms with van der Waals surface area (Å²) in [6.07, 6.45) is 29.6. The van der Waals surface area contributed by atoms with Gasteiger partial charge in [0, 0.05) is 6.42 Å². The molecule has 12 atom stereocenters. The minimum Gasteiger partial charge on any atom is -0.394 e. The van der Waals surface area contributed by atoms with E-state index in [2.05, 4.69) is 55.6 Å². The van der Waals surface area contributed by atoms with Crippen LogP contribution in [-0.2, 0) is 23.7 Å². The van der Waals surface area contributed by atoms with Crippen molar-refractivity contribution < 1.29 is 64.6 Å². The van der Waals surface area contributed by atoms with E-state index >= 15 is 0 Å². The third-order valence-corrected chi connectivity index (χ3v) is 13.1. The molecule has 0 aliphatic carbocycles. The van der Waals surface area contributed by atoms with Gasteiger partial charge in [0.25, 0.3) is 0 Å². The standard InChI is InChI=1S/C53H97NO13/c1-3-5-7-9-10-11-12-13-14-15-16-17-18-19-20-21-22-23-24-25-26-27-28-29-30-31-32-33-35-37-45(58)54-41(42(57)36-34-8-6-4-2)40-64-52-50(63)48(61)51(44(39-56)66-52)67-53-49(62)47(60)46(59)43(38-55)65-53/h12-13,15-16,18-19,41-44,46-53,55-57,59-63H,3-11,14,17,20-40H2,1-2H3,(H,54,58)/b13-12-,16-15-,19-18-. The minimum absolute atomic E-state index is 0.217. The fourth-order valence-electron chi connectivity index (χ4n) is 8.71. The molecule has 9 N–H and O–H groups in total. The normalized spacial score (nSPS) is 26.8. The molecule has 0 bridgehead atoms. The molecule has 0 aromatic rings. The Kier molecular flexibility index (Phi) is 36.5. The number of rotatable bonds is 41. The van der Waals surface area contributed by atoms with Crippen molar-refractivity contribution in [3.8, 4) is 0 Å². The number of aliphatic hydroxyl groups excluding tert-OH is 8. The van der Waals surface area contributed by atoms with Gasteiger partial charge < -0.3 is 65.1 Å². The molecule has 2 heterocycles. The smallest absolute Gasteiger partial charge is 0.220 e. The fourth-order valence-corrected chi connectivity index (χ4v) is 8.71. The summed E-state index contributed by atoms with van der Waals surface area (Å²) < 4.78 is 22.6. The molecule has 14 heteroatoms. The average molecular weight is 956 g/mol. The van der Waals surface area contributed by atoms with Crippen molar-refractivity contribution in [2.24, 2.45) is 0 Å². The van der Waals surface area contributed by atoms with Gasteiger partial charge in [0.15, 0.2) is 12.6 Å². The van der Waals surface area contributed by atoms with E-state index in [9.17, 15) is 45.6 Å². The Morgan fingerprint density at radius 2 is 0.985 bits per heavy atom. The molecule has 12 unspecified atom stereocenters. The van der Waals surface area contributed by atoms with E-state index < -0.39 is 86.8 Å². The van der Waals surface area contributed by atoms with E-state index in [-0.39, 0.29) is 12.5 Å². The van der Waals surface area contributed by atoms with Crippen LogP contribution in [0, 0.1) is 0 Å². The highest BCUT2D eigenvalue weighted by Crippen LogP contribution is 2.30. The largest absolute Gasteiger partial charge is 0.394 e. The Labute approximate surface area is 404 Å². The zero-order valence-corrected chi connectivity index (χ0v) is 41.6. The molecular weight excluding hydrogens is 859 g/mol. The van der Waals surface area contributed by atoms with Crippen LogP contribution < -0.4 is 5.32 Å². The first-order chi connectivity index (χ1) is 32.6. The van der Waals surface area contributed by atoms with Crippen LogP contribution >= 0.6 is 0 Å². The monoisotopic (exact) mass is 956 g/mol. The molecule has 0 spiro atoms. The molecule has 14 nitrogen and oxygen atoms in total. The van der Waals surface area contributed by atoms with Crippen molar-refractivity contribution in [3.05, 3.63) is 36.5 Å². The van der Waals surface area contributed by atoms with Crippen molar-refractivity contribution >= 4 is 5.91 Å². The number of amides is 1. The van der Waals surface area contributed by atoms with Crippen molar-refractivity contribution in [2.45, 2.75) is 274 Å². The highest BCUT2D eigenvalue weighted by Gasteiger charge is 2.51. The van der Waals surface area contributed by atoms with E-state index in [0.717, 1.165) is 64.2 Å². The highest BCUT2D eigenvalue weighted by atomic mass is 16.7. The molecule has 0 aromatic heterocycles. The van der Waals surface area contributed by atoms with Gasteiger partial charge in [-0.15, -0.1) is 0 Å². The first-order valence-electron chi connectivity index (χ1n) is 26.7. The Balaban J connectivity index is 1.58. The summed E-state index contributed by atoms with van der Waals surface area (Å²) in [6.45, 7) is 2.70. The molecule has 0 saturated carbocycles. The minimum atomic E-state index is -1.78. The van der Waals surface area contributed by atoms with Crippen molar-refractivity contribution in [3.63, 3.8) is 0 Å². The van der Waals surface area contributed by atoms with Gasteiger partial charge in [-0.1, -0.05) is 179 Å². The van der Waals surface area contributed by atoms with E-state index in [1.165, 1.54) is 109 Å². The van der Waals surface area contributed by atoms with Gasteiger partial charge in [0.2, 0.25) is 5.91 Å². The topological polar surface area (TPSA) is 228 Å². The lowest BCUT2D eigenvalue weighted by Gasteiger charge is -2.46. The molecule has 2 saturated heterocycles. The number of unbranched alkanes of at least 4 members (excludes halogenated alkanes) is 22. The van der Waals surface area contributed by atoms with Crippen molar-refractivity contribution in [2.75, 3.05) is 19.8 Å². The number of carbonyl (C=O) groups excluding carboxylic acids is 1. The number of aliphatic hydroxyl groups is 8. The molecule has 0 radical (unpaired) electrons. The molecule has 392 valence electrons. The van der Waals surface area contributed by atoms with Gasteiger partial charge in [-0.05, 0) is 51.4 Å². The maximum Gasteiger partial charge on any atom is 0.220 e. The number of ether oxygens (including phenoxy) is 4. The summed E-state index contributed by atoms with van der Waals surface area (Å²) in [6, 6.07) is -0.824. The number of nitrogens with one attached hydrogen (secondary N) is 1. The molecule has 2 aliphatic rings. The average Bonchev–Trinajstić information content (AvgIpc) is 3.33. The van der Waals surface area contributed by atoms with Gasteiger partial charge in [-0.2, -0.15) is 0 Å². The van der Waals surface area contributed by atoms with Crippen LogP contribution in [0.3, 0.4) is 0 Å². The molecule has 2 fully saturated rings. The summed E-state index contributed by atoms with van der Waals surface area (Å²) in [5, 5.41) is 86.2. The first-order valence-corrected chi connectivity index (χ1v) is 26.7. The number of carbonyl (C=O) groups is 1. The van der Waals surface area contributed by atoms with Crippen LogP contribution in [0.25, 0.3) is 0 Å². The summed E-state index contributed by atoms with van der Waals surface area (Å²) in [5.41, 5.74) is 0. The Morgan fingerprint density at radius 1 is 0.537 bits per heavy atom. The van der Waals surface area contributed by atoms with Crippen LogP contribution in [0.1, 0.15) is 200 Å². The molecule has 1 amide bonds. The summed E-state index contributed by atoms with van der Waals surface area (Å²) >= 11 is 0. The summed E-state index contributed by atoms with van der Waals surface area (Å²) in [5.74, 6) is -0.217. The number of hydrogen-bond acceptors (Lipinski definition) is 13.